The van der Waals surface area contributed by atoms with E-state index in [0.29, 0.717) is 12.6 Å². The lowest BCUT2D eigenvalue weighted by molar-refractivity contribution is -0.165. The zero-order chi connectivity index (χ0) is 16.0. The van der Waals surface area contributed by atoms with Crippen LogP contribution < -0.4 is 5.32 Å². The number of carbonyl (C=O) groups excluding carboxylic acids is 1. The highest BCUT2D eigenvalue weighted by molar-refractivity contribution is 5.94. The third-order valence-corrected chi connectivity index (χ3v) is 3.31. The SMILES string of the molecule is CCCCCCCCCCCCN/C=C/C(=O)C(F)(F)F. The molecule has 0 spiro atoms. The van der Waals surface area contributed by atoms with Crippen LogP contribution in [0.2, 0.25) is 0 Å². The number of hydrogen-bond acceptors (Lipinski definition) is 2. The Kier molecular flexibility index (Phi) is 12.1. The Bertz CT molecular complexity index is 288. The molecule has 124 valence electrons. The molecule has 0 aromatic carbocycles. The molecule has 0 amide bonds. The number of unbranched alkanes of at least 4 members (excludes halogenated alkanes) is 9. The summed E-state index contributed by atoms with van der Waals surface area (Å²) in [5.74, 6) is -1.82. The largest absolute Gasteiger partial charge is 0.454 e. The van der Waals surface area contributed by atoms with E-state index in [1.54, 1.807) is 0 Å². The average molecular weight is 307 g/mol. The van der Waals surface area contributed by atoms with Crippen LogP contribution in [-0.2, 0) is 4.79 Å². The predicted octanol–water partition coefficient (Wildman–Crippen LogP) is 5.14. The molecule has 0 aliphatic carbocycles. The van der Waals surface area contributed by atoms with Gasteiger partial charge in [-0.05, 0) is 6.42 Å². The summed E-state index contributed by atoms with van der Waals surface area (Å²) in [4.78, 5) is 10.5. The van der Waals surface area contributed by atoms with Gasteiger partial charge in [0.25, 0.3) is 5.78 Å². The van der Waals surface area contributed by atoms with Crippen molar-refractivity contribution >= 4 is 5.78 Å². The maximum absolute atomic E-state index is 11.9. The molecule has 0 fully saturated rings. The van der Waals surface area contributed by atoms with E-state index in [4.69, 9.17) is 0 Å². The number of rotatable bonds is 13. The lowest BCUT2D eigenvalue weighted by Crippen LogP contribution is -2.21. The van der Waals surface area contributed by atoms with Crippen LogP contribution in [0.4, 0.5) is 13.2 Å². The fourth-order valence-corrected chi connectivity index (χ4v) is 2.03. The van der Waals surface area contributed by atoms with E-state index in [0.717, 1.165) is 19.0 Å². The van der Waals surface area contributed by atoms with Crippen molar-refractivity contribution in [3.8, 4) is 0 Å². The molecule has 21 heavy (non-hydrogen) atoms. The van der Waals surface area contributed by atoms with Crippen LogP contribution in [-0.4, -0.2) is 18.5 Å². The molecule has 2 nitrogen and oxygen atoms in total. The van der Waals surface area contributed by atoms with E-state index in [1.165, 1.54) is 51.4 Å². The van der Waals surface area contributed by atoms with E-state index in [9.17, 15) is 18.0 Å². The van der Waals surface area contributed by atoms with Crippen molar-refractivity contribution in [1.29, 1.82) is 0 Å². The minimum Gasteiger partial charge on any atom is -0.391 e. The average Bonchev–Trinajstić information content (AvgIpc) is 2.42. The van der Waals surface area contributed by atoms with Gasteiger partial charge in [0.2, 0.25) is 0 Å². The summed E-state index contributed by atoms with van der Waals surface area (Å²) < 4.78 is 35.6. The Hall–Kier alpha value is -1.00. The smallest absolute Gasteiger partial charge is 0.391 e. The molecule has 0 aromatic heterocycles. The van der Waals surface area contributed by atoms with Gasteiger partial charge in [-0.15, -0.1) is 0 Å². The second-order valence-corrected chi connectivity index (χ2v) is 5.33. The number of carbonyl (C=O) groups is 1. The number of alkyl halides is 3. The lowest BCUT2D eigenvalue weighted by Gasteiger charge is -2.03. The molecule has 0 rings (SSSR count). The molecule has 0 unspecified atom stereocenters. The normalized spacial score (nSPS) is 12.0. The Morgan fingerprint density at radius 2 is 1.38 bits per heavy atom. The molecule has 1 N–H and O–H groups in total. The molecule has 5 heteroatoms. The van der Waals surface area contributed by atoms with Crippen molar-refractivity contribution in [3.05, 3.63) is 12.3 Å². The Morgan fingerprint density at radius 1 is 0.905 bits per heavy atom. The first-order chi connectivity index (χ1) is 9.98. The molecular formula is C16H28F3NO. The maximum atomic E-state index is 11.9. The van der Waals surface area contributed by atoms with Gasteiger partial charge in [0.15, 0.2) is 0 Å². The van der Waals surface area contributed by atoms with Crippen molar-refractivity contribution in [1.82, 2.24) is 5.32 Å². The maximum Gasteiger partial charge on any atom is 0.454 e. The molecule has 0 bridgehead atoms. The summed E-state index contributed by atoms with van der Waals surface area (Å²) in [5, 5.41) is 2.71. The Labute approximate surface area is 126 Å². The molecule has 0 saturated heterocycles. The molecule has 0 radical (unpaired) electrons. The Morgan fingerprint density at radius 3 is 1.86 bits per heavy atom. The van der Waals surface area contributed by atoms with Crippen LogP contribution in [0.5, 0.6) is 0 Å². The van der Waals surface area contributed by atoms with Gasteiger partial charge in [-0.25, -0.2) is 0 Å². The van der Waals surface area contributed by atoms with Crippen LogP contribution in [0, 0.1) is 0 Å². The van der Waals surface area contributed by atoms with Gasteiger partial charge >= 0.3 is 6.18 Å². The van der Waals surface area contributed by atoms with Crippen molar-refractivity contribution in [2.24, 2.45) is 0 Å². The highest BCUT2D eigenvalue weighted by Crippen LogP contribution is 2.16. The van der Waals surface area contributed by atoms with E-state index < -0.39 is 12.0 Å². The lowest BCUT2D eigenvalue weighted by atomic mass is 10.1. The number of halogens is 3. The van der Waals surface area contributed by atoms with Gasteiger partial charge in [-0.3, -0.25) is 4.79 Å². The number of hydrogen-bond donors (Lipinski definition) is 1. The summed E-state index contributed by atoms with van der Waals surface area (Å²) in [6.07, 6.45) is 9.09. The van der Waals surface area contributed by atoms with Gasteiger partial charge in [0.05, 0.1) is 0 Å². The molecule has 0 saturated carbocycles. The van der Waals surface area contributed by atoms with Crippen molar-refractivity contribution < 1.29 is 18.0 Å². The zero-order valence-corrected chi connectivity index (χ0v) is 13.0. The standard InChI is InChI=1S/C16H28F3NO/c1-2-3-4-5-6-7-8-9-10-11-13-20-14-12-15(21)16(17,18)19/h12,14,20H,2-11,13H2,1H3/b14-12+. The second-order valence-electron chi connectivity index (χ2n) is 5.33. The monoisotopic (exact) mass is 307 g/mol. The first-order valence-corrected chi connectivity index (χ1v) is 7.99. The molecule has 0 atom stereocenters. The van der Waals surface area contributed by atoms with Crippen LogP contribution >= 0.6 is 0 Å². The van der Waals surface area contributed by atoms with Gasteiger partial charge in [0.1, 0.15) is 0 Å². The number of nitrogens with one attached hydrogen (secondary N) is 1. The van der Waals surface area contributed by atoms with Gasteiger partial charge in [-0.1, -0.05) is 64.7 Å². The van der Waals surface area contributed by atoms with E-state index in [2.05, 4.69) is 12.2 Å². The third kappa shape index (κ3) is 13.7. The molecule has 0 aliphatic heterocycles. The van der Waals surface area contributed by atoms with E-state index in [-0.39, 0.29) is 0 Å². The van der Waals surface area contributed by atoms with Crippen molar-refractivity contribution in [2.75, 3.05) is 6.54 Å². The highest BCUT2D eigenvalue weighted by Gasteiger charge is 2.35. The fraction of sp³-hybridized carbons (Fsp3) is 0.812. The van der Waals surface area contributed by atoms with Crippen LogP contribution in [0.3, 0.4) is 0 Å². The topological polar surface area (TPSA) is 29.1 Å². The molecular weight excluding hydrogens is 279 g/mol. The summed E-state index contributed by atoms with van der Waals surface area (Å²) in [6, 6.07) is 0. The zero-order valence-electron chi connectivity index (χ0n) is 13.0. The van der Waals surface area contributed by atoms with Crippen molar-refractivity contribution in [2.45, 2.75) is 77.3 Å². The summed E-state index contributed by atoms with van der Waals surface area (Å²) in [7, 11) is 0. The van der Waals surface area contributed by atoms with Crippen LogP contribution in [0.15, 0.2) is 12.3 Å². The Balaban J connectivity index is 3.26. The quantitative estimate of drug-likeness (QED) is 0.377. The summed E-state index contributed by atoms with van der Waals surface area (Å²) in [6.45, 7) is 2.82. The molecule has 0 aromatic rings. The van der Waals surface area contributed by atoms with Gasteiger partial charge in [-0.2, -0.15) is 13.2 Å². The third-order valence-electron chi connectivity index (χ3n) is 3.31. The summed E-state index contributed by atoms with van der Waals surface area (Å²) >= 11 is 0. The first kappa shape index (κ1) is 20.0. The molecule has 0 aliphatic rings. The summed E-state index contributed by atoms with van der Waals surface area (Å²) in [5.41, 5.74) is 0. The minimum absolute atomic E-state index is 0.538. The second kappa shape index (κ2) is 12.7. The van der Waals surface area contributed by atoms with E-state index in [1.807, 2.05) is 0 Å². The van der Waals surface area contributed by atoms with Crippen LogP contribution in [0.25, 0.3) is 0 Å². The van der Waals surface area contributed by atoms with E-state index >= 15 is 0 Å². The molecule has 0 heterocycles. The number of allylic oxidation sites excluding steroid dienone is 1. The van der Waals surface area contributed by atoms with Crippen molar-refractivity contribution in [3.63, 3.8) is 0 Å². The number of ketones is 1. The van der Waals surface area contributed by atoms with Gasteiger partial charge in [0, 0.05) is 18.8 Å². The first-order valence-electron chi connectivity index (χ1n) is 7.99. The van der Waals surface area contributed by atoms with Crippen LogP contribution in [0.1, 0.15) is 71.1 Å². The fourth-order valence-electron chi connectivity index (χ4n) is 2.03. The predicted molar refractivity (Wildman–Crippen MR) is 80.0 cm³/mol. The van der Waals surface area contributed by atoms with Gasteiger partial charge < -0.3 is 5.32 Å². The minimum atomic E-state index is -4.77. The highest BCUT2D eigenvalue weighted by atomic mass is 19.4.